The van der Waals surface area contributed by atoms with Gasteiger partial charge >= 0.3 is 0 Å². The number of terminal acetylenes is 1. The van der Waals surface area contributed by atoms with Gasteiger partial charge in [0, 0.05) is 11.3 Å². The van der Waals surface area contributed by atoms with Crippen molar-refractivity contribution in [3.8, 4) is 18.1 Å². The average Bonchev–Trinajstić information content (AvgIpc) is 2.19. The van der Waals surface area contributed by atoms with Gasteiger partial charge < -0.3 is 10.5 Å². The lowest BCUT2D eigenvalue weighted by Gasteiger charge is -2.05. The molecule has 0 radical (unpaired) electrons. The molecule has 0 aliphatic rings. The van der Waals surface area contributed by atoms with Crippen LogP contribution < -0.4 is 10.5 Å². The van der Waals surface area contributed by atoms with E-state index in [4.69, 9.17) is 16.9 Å². The number of hydrogen-bond donors (Lipinski definition) is 1. The van der Waals surface area contributed by atoms with Crippen molar-refractivity contribution < 1.29 is 9.53 Å². The van der Waals surface area contributed by atoms with E-state index < -0.39 is 0 Å². The summed E-state index contributed by atoms with van der Waals surface area (Å²) < 4.78 is 4.98. The van der Waals surface area contributed by atoms with Crippen molar-refractivity contribution in [1.82, 2.24) is 0 Å². The van der Waals surface area contributed by atoms with Gasteiger partial charge in [0.05, 0.1) is 13.5 Å². The minimum absolute atomic E-state index is 0.0529. The summed E-state index contributed by atoms with van der Waals surface area (Å²) in [4.78, 5) is 11.5. The third-order valence-corrected chi connectivity index (χ3v) is 1.82. The SMILES string of the molecule is C#CCC(=O)c1cc(OC)ccc1N. The monoisotopic (exact) mass is 189 g/mol. The molecule has 2 N–H and O–H groups in total. The molecule has 3 nitrogen and oxygen atoms in total. The predicted octanol–water partition coefficient (Wildman–Crippen LogP) is 1.48. The number of methoxy groups -OCH3 is 1. The van der Waals surface area contributed by atoms with E-state index in [1.165, 1.54) is 7.11 Å². The Morgan fingerprint density at radius 2 is 2.36 bits per heavy atom. The third-order valence-electron chi connectivity index (χ3n) is 1.82. The molecule has 0 saturated carbocycles. The van der Waals surface area contributed by atoms with Crippen LogP contribution >= 0.6 is 0 Å². The van der Waals surface area contributed by atoms with E-state index in [2.05, 4.69) is 5.92 Å². The van der Waals surface area contributed by atoms with Gasteiger partial charge in [-0.25, -0.2) is 0 Å². The van der Waals surface area contributed by atoms with E-state index in [9.17, 15) is 4.79 Å². The van der Waals surface area contributed by atoms with Crippen LogP contribution in [-0.2, 0) is 0 Å². The molecule has 1 aromatic rings. The molecule has 0 spiro atoms. The van der Waals surface area contributed by atoms with Crippen LogP contribution in [0.5, 0.6) is 5.75 Å². The molecular weight excluding hydrogens is 178 g/mol. The van der Waals surface area contributed by atoms with Gasteiger partial charge in [0.15, 0.2) is 5.78 Å². The number of ether oxygens (including phenoxy) is 1. The van der Waals surface area contributed by atoms with Crippen molar-refractivity contribution >= 4 is 11.5 Å². The molecular formula is C11H11NO2. The lowest BCUT2D eigenvalue weighted by molar-refractivity contribution is 0.0998. The van der Waals surface area contributed by atoms with Crippen molar-refractivity contribution in [1.29, 1.82) is 0 Å². The van der Waals surface area contributed by atoms with Crippen LogP contribution in [0.1, 0.15) is 16.8 Å². The van der Waals surface area contributed by atoms with E-state index in [1.807, 2.05) is 0 Å². The van der Waals surface area contributed by atoms with Gasteiger partial charge in [-0.15, -0.1) is 6.42 Å². The Kier molecular flexibility index (Phi) is 3.14. The topological polar surface area (TPSA) is 52.3 Å². The number of Topliss-reactive ketones (excluding diaryl/α,β-unsaturated/α-hetero) is 1. The largest absolute Gasteiger partial charge is 0.497 e. The first-order valence-corrected chi connectivity index (χ1v) is 4.09. The highest BCUT2D eigenvalue weighted by Gasteiger charge is 2.09. The molecule has 0 bridgehead atoms. The highest BCUT2D eigenvalue weighted by molar-refractivity contribution is 6.02. The number of nitrogen functional groups attached to an aromatic ring is 1. The van der Waals surface area contributed by atoms with Crippen LogP contribution in [0.15, 0.2) is 18.2 Å². The van der Waals surface area contributed by atoms with E-state index in [0.717, 1.165) is 0 Å². The van der Waals surface area contributed by atoms with Crippen LogP contribution in [0.3, 0.4) is 0 Å². The van der Waals surface area contributed by atoms with Crippen molar-refractivity contribution in [3.63, 3.8) is 0 Å². The summed E-state index contributed by atoms with van der Waals surface area (Å²) in [5.74, 6) is 2.72. The molecule has 1 rings (SSSR count). The minimum atomic E-state index is -0.163. The molecule has 0 saturated heterocycles. The maximum atomic E-state index is 11.5. The van der Waals surface area contributed by atoms with E-state index >= 15 is 0 Å². The third kappa shape index (κ3) is 2.05. The molecule has 0 heterocycles. The van der Waals surface area contributed by atoms with Gasteiger partial charge in [0.2, 0.25) is 0 Å². The number of rotatable bonds is 3. The second-order valence-electron chi connectivity index (χ2n) is 2.76. The first-order chi connectivity index (χ1) is 6.69. The van der Waals surface area contributed by atoms with Crippen LogP contribution in [0.4, 0.5) is 5.69 Å². The summed E-state index contributed by atoms with van der Waals surface area (Å²) in [7, 11) is 1.53. The summed E-state index contributed by atoms with van der Waals surface area (Å²) in [5, 5.41) is 0. The summed E-state index contributed by atoms with van der Waals surface area (Å²) in [6.45, 7) is 0. The van der Waals surface area contributed by atoms with Crippen molar-refractivity contribution in [2.24, 2.45) is 0 Å². The Morgan fingerprint density at radius 3 is 2.93 bits per heavy atom. The van der Waals surface area contributed by atoms with Gasteiger partial charge in [-0.1, -0.05) is 5.92 Å². The quantitative estimate of drug-likeness (QED) is 0.445. The zero-order valence-corrected chi connectivity index (χ0v) is 7.91. The normalized spacial score (nSPS) is 9.14. The standard InChI is InChI=1S/C11H11NO2/c1-3-4-11(13)9-7-8(14-2)5-6-10(9)12/h1,5-7H,4,12H2,2H3. The Morgan fingerprint density at radius 1 is 1.64 bits per heavy atom. The fourth-order valence-electron chi connectivity index (χ4n) is 1.09. The van der Waals surface area contributed by atoms with Gasteiger partial charge in [-0.3, -0.25) is 4.79 Å². The average molecular weight is 189 g/mol. The summed E-state index contributed by atoms with van der Waals surface area (Å²) in [6, 6.07) is 4.92. The van der Waals surface area contributed by atoms with Gasteiger partial charge in [0.1, 0.15) is 5.75 Å². The van der Waals surface area contributed by atoms with Crippen LogP contribution in [0, 0.1) is 12.3 Å². The molecule has 72 valence electrons. The molecule has 0 amide bonds. The molecule has 1 aromatic carbocycles. The predicted molar refractivity (Wildman–Crippen MR) is 55.2 cm³/mol. The van der Waals surface area contributed by atoms with Crippen LogP contribution in [0.2, 0.25) is 0 Å². The fourth-order valence-corrected chi connectivity index (χ4v) is 1.09. The van der Waals surface area contributed by atoms with E-state index in [1.54, 1.807) is 18.2 Å². The zero-order valence-electron chi connectivity index (χ0n) is 7.91. The lowest BCUT2D eigenvalue weighted by atomic mass is 10.1. The van der Waals surface area contributed by atoms with Crippen LogP contribution in [-0.4, -0.2) is 12.9 Å². The van der Waals surface area contributed by atoms with Crippen molar-refractivity contribution in [2.75, 3.05) is 12.8 Å². The molecule has 14 heavy (non-hydrogen) atoms. The smallest absolute Gasteiger partial charge is 0.176 e. The number of nitrogens with two attached hydrogens (primary N) is 1. The zero-order chi connectivity index (χ0) is 10.6. The molecule has 0 aliphatic heterocycles. The van der Waals surface area contributed by atoms with E-state index in [0.29, 0.717) is 17.0 Å². The number of anilines is 1. The number of hydrogen-bond acceptors (Lipinski definition) is 3. The lowest BCUT2D eigenvalue weighted by Crippen LogP contribution is -2.03. The molecule has 0 aromatic heterocycles. The molecule has 0 unspecified atom stereocenters. The molecule has 0 fully saturated rings. The first-order valence-electron chi connectivity index (χ1n) is 4.09. The van der Waals surface area contributed by atoms with Gasteiger partial charge in [0.25, 0.3) is 0 Å². The Labute approximate surface area is 82.9 Å². The van der Waals surface area contributed by atoms with Crippen molar-refractivity contribution in [2.45, 2.75) is 6.42 Å². The Balaban J connectivity index is 3.07. The summed E-state index contributed by atoms with van der Waals surface area (Å²) in [5.41, 5.74) is 6.47. The number of ketones is 1. The highest BCUT2D eigenvalue weighted by atomic mass is 16.5. The summed E-state index contributed by atoms with van der Waals surface area (Å²) >= 11 is 0. The maximum Gasteiger partial charge on any atom is 0.176 e. The molecule has 3 heteroatoms. The number of carbonyl (C=O) groups excluding carboxylic acids is 1. The highest BCUT2D eigenvalue weighted by Crippen LogP contribution is 2.20. The second-order valence-corrected chi connectivity index (χ2v) is 2.76. The second kappa shape index (κ2) is 4.33. The fraction of sp³-hybridized carbons (Fsp3) is 0.182. The first kappa shape index (κ1) is 10.1. The maximum absolute atomic E-state index is 11.5. The Bertz CT molecular complexity index is 391. The summed E-state index contributed by atoms with van der Waals surface area (Å²) in [6.07, 6.45) is 5.10. The van der Waals surface area contributed by atoms with Crippen LogP contribution in [0.25, 0.3) is 0 Å². The number of benzene rings is 1. The number of carbonyl (C=O) groups is 1. The van der Waals surface area contributed by atoms with Gasteiger partial charge in [-0.2, -0.15) is 0 Å². The van der Waals surface area contributed by atoms with Gasteiger partial charge in [-0.05, 0) is 18.2 Å². The van der Waals surface area contributed by atoms with E-state index in [-0.39, 0.29) is 12.2 Å². The Hall–Kier alpha value is -1.95. The van der Waals surface area contributed by atoms with Crippen molar-refractivity contribution in [3.05, 3.63) is 23.8 Å². The molecule has 0 atom stereocenters. The molecule has 0 aliphatic carbocycles. The minimum Gasteiger partial charge on any atom is -0.497 e.